The van der Waals surface area contributed by atoms with Crippen molar-refractivity contribution in [3.63, 3.8) is 0 Å². The van der Waals surface area contributed by atoms with Gasteiger partial charge in [-0.1, -0.05) is 145 Å². The van der Waals surface area contributed by atoms with E-state index in [1.54, 1.807) is 38.5 Å². The molecule has 104 heavy (non-hydrogen) atoms. The molecular formula is C89H162O15. The number of ether oxygens (including phenoxy) is 6. The predicted molar refractivity (Wildman–Crippen MR) is 423 cm³/mol. The Balaban J connectivity index is 0.00000111. The zero-order valence-corrected chi connectivity index (χ0v) is 70.7. The molecule has 21 rings (SSSR count). The molecule has 0 aromatic carbocycles. The van der Waals surface area contributed by atoms with Gasteiger partial charge in [-0.15, -0.1) is 0 Å². The quantitative estimate of drug-likeness (QED) is 0.163. The highest BCUT2D eigenvalue weighted by molar-refractivity contribution is 5.85. The summed E-state index contributed by atoms with van der Waals surface area (Å²) < 4.78 is 29.1. The molecule has 0 N–H and O–H groups in total. The molecule has 0 amide bonds. The van der Waals surface area contributed by atoms with E-state index in [2.05, 4.69) is 9.47 Å². The van der Waals surface area contributed by atoms with Crippen LogP contribution in [-0.2, 0) is 71.6 Å². The average molecular weight is 1470 g/mol. The Morgan fingerprint density at radius 3 is 0.933 bits per heavy atom. The first-order valence-electron chi connectivity index (χ1n) is 44.4. The van der Waals surface area contributed by atoms with Crippen LogP contribution in [0.15, 0.2) is 0 Å². The molecule has 6 aliphatic heterocycles. The van der Waals surface area contributed by atoms with Gasteiger partial charge in [-0.3, -0.25) is 43.2 Å². The van der Waals surface area contributed by atoms with Crippen molar-refractivity contribution in [3.05, 3.63) is 0 Å². The predicted octanol–water partition coefficient (Wildman–Crippen LogP) is 22.9. The van der Waals surface area contributed by atoms with E-state index in [0.717, 1.165) is 146 Å². The number of carbonyl (C=O) groups excluding carboxylic acids is 9. The van der Waals surface area contributed by atoms with Gasteiger partial charge in [0, 0.05) is 62.2 Å². The van der Waals surface area contributed by atoms with Crippen molar-refractivity contribution in [3.8, 4) is 0 Å². The standard InChI is InChI=1S/C10H14O.C10H16.C8H10O2.C7H10O2.C7H10O.C6H8O2.C6H10O2.C6H10O.C5H8O2.C4H6O2.10C2H6/c11-10-8-2-6-1-7(4-8)5-9(10)3-6;1-7-2-9-4-8(1)5-10(3-7)6-9;9-8-6-2-4-1-5(6)7(3-4)10-8;8-7-5-2-1-3-6(4-5)9-7;8-7-4-5-1-2-6(7)3-5;7-6-4-1-2-5(3-4)8-6;7-6-4-2-1-3-5-8-6;7-6-4-2-1-3-5-6;6-5-3-1-2-4-7-5;5-4-2-1-3-6-4;10*1-2/h6-9H,1-5H2;7-10H,1-6H2;4-7H,1-3H2;5-6H,1-4H2;5-6H,1-4H2;4-5H,1-3H2;1-5H2;1-5H2;1-4H2;1-3H2;10*1-2H3. The molecule has 15 nitrogen and oxygen atoms in total. The number of Topliss-reactive ketones (excluding diaryl/α,β-unsaturated/α-hetero) is 3. The van der Waals surface area contributed by atoms with Gasteiger partial charge >= 0.3 is 35.8 Å². The van der Waals surface area contributed by atoms with Crippen molar-refractivity contribution in [1.82, 2.24) is 0 Å². The molecule has 15 aliphatic carbocycles. The van der Waals surface area contributed by atoms with Crippen LogP contribution in [0.3, 0.4) is 0 Å². The van der Waals surface area contributed by atoms with Gasteiger partial charge in [0.05, 0.1) is 37.6 Å². The molecule has 0 spiro atoms. The summed E-state index contributed by atoms with van der Waals surface area (Å²) in [5.41, 5.74) is 0. The lowest BCUT2D eigenvalue weighted by molar-refractivity contribution is -0.148. The average Bonchev–Trinajstić information content (AvgIpc) is 1.09. The van der Waals surface area contributed by atoms with E-state index >= 15 is 0 Å². The maximum absolute atomic E-state index is 11.6. The number of hydrogen-bond acceptors (Lipinski definition) is 15. The highest BCUT2D eigenvalue weighted by Gasteiger charge is 2.56. The second kappa shape index (κ2) is 60.7. The van der Waals surface area contributed by atoms with E-state index < -0.39 is 0 Å². The third-order valence-electron chi connectivity index (χ3n) is 22.5. The van der Waals surface area contributed by atoms with Crippen LogP contribution < -0.4 is 0 Å². The number of rotatable bonds is 0. The van der Waals surface area contributed by atoms with Crippen molar-refractivity contribution in [2.75, 3.05) is 19.8 Å². The third-order valence-corrected chi connectivity index (χ3v) is 22.5. The molecule has 10 unspecified atom stereocenters. The highest BCUT2D eigenvalue weighted by atomic mass is 16.6. The van der Waals surface area contributed by atoms with E-state index in [9.17, 15) is 43.2 Å². The Morgan fingerprint density at radius 2 is 0.625 bits per heavy atom. The molecule has 0 radical (unpaired) electrons. The van der Waals surface area contributed by atoms with Crippen LogP contribution in [0.4, 0.5) is 0 Å². The van der Waals surface area contributed by atoms with Crippen LogP contribution in [0.2, 0.25) is 0 Å². The number of cyclic esters (lactones) is 3. The van der Waals surface area contributed by atoms with Gasteiger partial charge in [0.25, 0.3) is 0 Å². The summed E-state index contributed by atoms with van der Waals surface area (Å²) in [6.45, 7) is 41.9. The SMILES string of the molecule is C1C2CC3CC1CC(C2)C3.CC.CC.CC.CC.CC.CC.CC.CC.CC.CC.O=C1C2CC3CC(C2)CC1C3.O=C1CC2CCC1C2.O=C1CCCCC1.O=C1CCCCCO1.O=C1CCCCO1.O=C1CCCO1.O=C1OC2CC3CC1C2C3.O=C1OC2CCC1C2.O=C1OC2CCCC1C2. The van der Waals surface area contributed by atoms with Crippen LogP contribution in [0.5, 0.6) is 0 Å². The van der Waals surface area contributed by atoms with Crippen LogP contribution in [-0.4, -0.2) is 91.3 Å². The lowest BCUT2D eigenvalue weighted by atomic mass is 9.56. The first kappa shape index (κ1) is 99.8. The van der Waals surface area contributed by atoms with Gasteiger partial charge in [-0.25, -0.2) is 0 Å². The molecular weight excluding hydrogens is 1310 g/mol. The summed E-state index contributed by atoms with van der Waals surface area (Å²) in [7, 11) is 0. The van der Waals surface area contributed by atoms with Gasteiger partial charge in [0.1, 0.15) is 35.7 Å². The van der Waals surface area contributed by atoms with Crippen LogP contribution in [0.25, 0.3) is 0 Å². The molecule has 21 aliphatic rings. The molecule has 15 heteroatoms. The second-order valence-electron chi connectivity index (χ2n) is 29.1. The minimum atomic E-state index is -0.0463. The molecule has 608 valence electrons. The lowest BCUT2D eigenvalue weighted by Crippen LogP contribution is -2.45. The summed E-state index contributed by atoms with van der Waals surface area (Å²) in [5, 5.41) is 0. The van der Waals surface area contributed by atoms with Gasteiger partial charge in [0.15, 0.2) is 0 Å². The van der Waals surface area contributed by atoms with Crippen LogP contribution in [0, 0.1) is 88.8 Å². The van der Waals surface area contributed by atoms with Gasteiger partial charge in [-0.2, -0.15) is 0 Å². The maximum Gasteiger partial charge on any atom is 0.309 e. The monoisotopic (exact) mass is 1470 g/mol. The zero-order chi connectivity index (χ0) is 78.5. The third kappa shape index (κ3) is 35.9. The Hall–Kier alpha value is -4.17. The van der Waals surface area contributed by atoms with Crippen LogP contribution in [0.1, 0.15) is 389 Å². The topological polar surface area (TPSA) is 209 Å². The fraction of sp³-hybridized carbons (Fsp3) is 0.899. The normalized spacial score (nSPS) is 33.2. The van der Waals surface area contributed by atoms with Gasteiger partial charge < -0.3 is 28.4 Å². The summed E-state index contributed by atoms with van der Waals surface area (Å²) in [6, 6.07) is 0. The Labute approximate surface area is 637 Å². The van der Waals surface area contributed by atoms with Crippen LogP contribution >= 0.6 is 0 Å². The number of esters is 6. The fourth-order valence-corrected chi connectivity index (χ4v) is 18.7. The molecule has 0 aromatic heterocycles. The molecule has 6 heterocycles. The van der Waals surface area contributed by atoms with E-state index in [1.807, 2.05) is 138 Å². The molecule has 21 fully saturated rings. The molecule has 6 saturated heterocycles. The van der Waals surface area contributed by atoms with Crippen molar-refractivity contribution < 1.29 is 71.6 Å². The molecule has 16 bridgehead atoms. The highest BCUT2D eigenvalue weighted by Crippen LogP contribution is 2.55. The van der Waals surface area contributed by atoms with E-state index in [4.69, 9.17) is 18.9 Å². The number of carbonyl (C=O) groups is 9. The van der Waals surface area contributed by atoms with Gasteiger partial charge in [-0.05, 0) is 253 Å². The van der Waals surface area contributed by atoms with Crippen molar-refractivity contribution in [2.24, 2.45) is 88.8 Å². The van der Waals surface area contributed by atoms with Crippen molar-refractivity contribution in [1.29, 1.82) is 0 Å². The molecule has 10 atom stereocenters. The summed E-state index contributed by atoms with van der Waals surface area (Å²) in [6.07, 6.45) is 46.0. The largest absolute Gasteiger partial charge is 0.466 e. The fourth-order valence-electron chi connectivity index (χ4n) is 18.7. The first-order chi connectivity index (χ1) is 50.7. The van der Waals surface area contributed by atoms with E-state index in [1.165, 1.54) is 94.3 Å². The van der Waals surface area contributed by atoms with Crippen molar-refractivity contribution >= 4 is 53.2 Å². The summed E-state index contributed by atoms with van der Waals surface area (Å²) in [5.74, 6) is 12.9. The van der Waals surface area contributed by atoms with Crippen molar-refractivity contribution in [2.45, 2.75) is 407 Å². The minimum absolute atomic E-state index is 0.0255. The number of hydrogen-bond donors (Lipinski definition) is 0. The van der Waals surface area contributed by atoms with Gasteiger partial charge in [0.2, 0.25) is 0 Å². The summed E-state index contributed by atoms with van der Waals surface area (Å²) in [4.78, 5) is 96.1. The lowest BCUT2D eigenvalue weighted by Gasteiger charge is -2.49. The second-order valence-corrected chi connectivity index (χ2v) is 29.1. The Morgan fingerprint density at radius 1 is 0.260 bits per heavy atom. The Bertz CT molecular complexity index is 2120. The van der Waals surface area contributed by atoms with E-state index in [0.29, 0.717) is 98.2 Å². The first-order valence-corrected chi connectivity index (χ1v) is 44.4. The summed E-state index contributed by atoms with van der Waals surface area (Å²) >= 11 is 0. The number of fused-ring (bicyclic) bond motifs is 7. The maximum atomic E-state index is 11.6. The number of ketones is 3. The smallest absolute Gasteiger partial charge is 0.309 e. The zero-order valence-electron chi connectivity index (χ0n) is 70.7. The molecule has 0 aromatic rings. The van der Waals surface area contributed by atoms with E-state index in [-0.39, 0.29) is 53.8 Å². The molecule has 15 saturated carbocycles. The Kier molecular flexibility index (Phi) is 58.3. The minimum Gasteiger partial charge on any atom is -0.466 e.